The molecule has 0 aliphatic heterocycles. The Kier molecular flexibility index (Phi) is 3.57. The van der Waals surface area contributed by atoms with Crippen molar-refractivity contribution < 1.29 is 15.0 Å². The number of hydrogen-bond acceptors (Lipinski definition) is 5. The number of halogens is 1. The van der Waals surface area contributed by atoms with Crippen molar-refractivity contribution in [1.82, 2.24) is 9.97 Å². The number of hydrogen-bond donors (Lipinski definition) is 3. The molecule has 1 aromatic heterocycles. The molecule has 2 unspecified atom stereocenters. The zero-order chi connectivity index (χ0) is 11.6. The molecule has 15 heavy (non-hydrogen) atoms. The van der Waals surface area contributed by atoms with E-state index in [0.29, 0.717) is 5.69 Å². The Morgan fingerprint density at radius 2 is 2.20 bits per heavy atom. The summed E-state index contributed by atoms with van der Waals surface area (Å²) in [6.07, 6.45) is -1.89. The first-order chi connectivity index (χ1) is 6.93. The van der Waals surface area contributed by atoms with Gasteiger partial charge >= 0.3 is 0 Å². The van der Waals surface area contributed by atoms with Gasteiger partial charge in [0.1, 0.15) is 6.10 Å². The van der Waals surface area contributed by atoms with Gasteiger partial charge in [0.2, 0.25) is 11.2 Å². The van der Waals surface area contributed by atoms with E-state index in [2.05, 4.69) is 9.97 Å². The van der Waals surface area contributed by atoms with E-state index < -0.39 is 18.1 Å². The van der Waals surface area contributed by atoms with Crippen molar-refractivity contribution >= 4 is 17.5 Å². The molecule has 2 atom stereocenters. The van der Waals surface area contributed by atoms with Crippen LogP contribution in [-0.4, -0.2) is 32.2 Å². The van der Waals surface area contributed by atoms with E-state index in [-0.39, 0.29) is 10.8 Å². The summed E-state index contributed by atoms with van der Waals surface area (Å²) in [5, 5.41) is 18.8. The fourth-order valence-electron chi connectivity index (χ4n) is 1.06. The highest BCUT2D eigenvalue weighted by Crippen LogP contribution is 2.19. The minimum atomic E-state index is -1.69. The average Bonchev–Trinajstić information content (AvgIpc) is 2.15. The first-order valence-electron chi connectivity index (χ1n) is 4.08. The van der Waals surface area contributed by atoms with Crippen LogP contribution in [0.15, 0.2) is 6.20 Å². The average molecular weight is 232 g/mol. The molecule has 1 aromatic rings. The van der Waals surface area contributed by atoms with Crippen LogP contribution in [0.3, 0.4) is 0 Å². The number of rotatable bonds is 3. The van der Waals surface area contributed by atoms with Crippen LogP contribution < -0.4 is 5.73 Å². The highest BCUT2D eigenvalue weighted by molar-refractivity contribution is 6.28. The van der Waals surface area contributed by atoms with E-state index in [1.807, 2.05) is 0 Å². The lowest BCUT2D eigenvalue weighted by Crippen LogP contribution is -2.34. The summed E-state index contributed by atoms with van der Waals surface area (Å²) < 4.78 is 0. The Balaban J connectivity index is 3.01. The van der Waals surface area contributed by atoms with Gasteiger partial charge in [-0.05, 0) is 18.5 Å². The van der Waals surface area contributed by atoms with E-state index in [1.54, 1.807) is 6.92 Å². The topological polar surface area (TPSA) is 109 Å². The quantitative estimate of drug-likeness (QED) is 0.597. The molecule has 0 aromatic carbocycles. The first kappa shape index (κ1) is 11.8. The van der Waals surface area contributed by atoms with Crippen LogP contribution in [0.4, 0.5) is 0 Å². The fourth-order valence-corrected chi connectivity index (χ4v) is 1.24. The summed E-state index contributed by atoms with van der Waals surface area (Å²) in [6.45, 7) is 1.57. The van der Waals surface area contributed by atoms with E-state index >= 15 is 0 Å². The number of amides is 1. The first-order valence-corrected chi connectivity index (χ1v) is 4.45. The molecule has 0 fully saturated rings. The van der Waals surface area contributed by atoms with E-state index in [1.165, 1.54) is 6.20 Å². The molecule has 82 valence electrons. The van der Waals surface area contributed by atoms with Crippen LogP contribution in [0.25, 0.3) is 0 Å². The van der Waals surface area contributed by atoms with Gasteiger partial charge in [-0.15, -0.1) is 0 Å². The van der Waals surface area contributed by atoms with Gasteiger partial charge in [0.15, 0.2) is 6.10 Å². The van der Waals surface area contributed by atoms with Crippen molar-refractivity contribution in [2.75, 3.05) is 0 Å². The van der Waals surface area contributed by atoms with Crippen molar-refractivity contribution in [2.45, 2.75) is 19.1 Å². The van der Waals surface area contributed by atoms with Gasteiger partial charge in [0, 0.05) is 17.5 Å². The predicted octanol–water partition coefficient (Wildman–Crippen LogP) is -0.682. The maximum atomic E-state index is 10.6. The molecular weight excluding hydrogens is 222 g/mol. The van der Waals surface area contributed by atoms with Gasteiger partial charge in [-0.3, -0.25) is 4.79 Å². The molecule has 0 radical (unpaired) electrons. The molecule has 7 heteroatoms. The second-order valence-electron chi connectivity index (χ2n) is 2.97. The zero-order valence-corrected chi connectivity index (χ0v) is 8.64. The van der Waals surface area contributed by atoms with Crippen LogP contribution in [-0.2, 0) is 4.79 Å². The second kappa shape index (κ2) is 4.52. The molecule has 0 aliphatic carbocycles. The van der Waals surface area contributed by atoms with Gasteiger partial charge in [-0.1, -0.05) is 0 Å². The molecule has 4 N–H and O–H groups in total. The highest BCUT2D eigenvalue weighted by atomic mass is 35.5. The third-order valence-corrected chi connectivity index (χ3v) is 2.08. The third kappa shape index (κ3) is 2.62. The lowest BCUT2D eigenvalue weighted by Gasteiger charge is -2.16. The zero-order valence-electron chi connectivity index (χ0n) is 7.88. The summed E-state index contributed by atoms with van der Waals surface area (Å²) in [5.74, 6) is -1.02. The maximum absolute atomic E-state index is 10.6. The minimum Gasteiger partial charge on any atom is -0.385 e. The molecule has 0 spiro atoms. The minimum absolute atomic E-state index is 0.0250. The summed E-state index contributed by atoms with van der Waals surface area (Å²) >= 11 is 5.51. The van der Waals surface area contributed by atoms with Crippen LogP contribution in [0, 0.1) is 6.92 Å². The fraction of sp³-hybridized carbons (Fsp3) is 0.375. The number of nitrogens with zero attached hydrogens (tertiary/aromatic N) is 2. The third-order valence-electron chi connectivity index (χ3n) is 1.90. The normalized spacial score (nSPS) is 14.7. The van der Waals surface area contributed by atoms with Crippen LogP contribution in [0.5, 0.6) is 0 Å². The van der Waals surface area contributed by atoms with Gasteiger partial charge < -0.3 is 15.9 Å². The van der Waals surface area contributed by atoms with Crippen molar-refractivity contribution in [1.29, 1.82) is 0 Å². The Morgan fingerprint density at radius 1 is 1.60 bits per heavy atom. The Labute approximate surface area is 90.7 Å². The molecule has 1 amide bonds. The number of primary amides is 1. The summed E-state index contributed by atoms with van der Waals surface area (Å²) in [4.78, 5) is 18.0. The number of nitrogens with two attached hydrogens (primary N) is 1. The SMILES string of the molecule is Cc1nc(Cl)ncc1C(O)C(O)C(N)=O. The highest BCUT2D eigenvalue weighted by Gasteiger charge is 2.25. The van der Waals surface area contributed by atoms with Gasteiger partial charge in [-0.2, -0.15) is 0 Å². The lowest BCUT2D eigenvalue weighted by atomic mass is 10.0. The lowest BCUT2D eigenvalue weighted by molar-refractivity contribution is -0.132. The summed E-state index contributed by atoms with van der Waals surface area (Å²) in [7, 11) is 0. The Hall–Kier alpha value is -1.24. The molecule has 1 heterocycles. The molecule has 0 saturated heterocycles. The smallest absolute Gasteiger partial charge is 0.249 e. The number of aliphatic hydroxyl groups excluding tert-OH is 2. The Bertz CT molecular complexity index is 385. The monoisotopic (exact) mass is 231 g/mol. The maximum Gasteiger partial charge on any atom is 0.249 e. The summed E-state index contributed by atoms with van der Waals surface area (Å²) in [5.41, 5.74) is 5.43. The molecule has 1 rings (SSSR count). The van der Waals surface area contributed by atoms with Crippen molar-refractivity contribution in [3.8, 4) is 0 Å². The number of carbonyl (C=O) groups is 1. The second-order valence-corrected chi connectivity index (χ2v) is 3.31. The predicted molar refractivity (Wildman–Crippen MR) is 51.9 cm³/mol. The standard InChI is InChI=1S/C8H10ClN3O3/c1-3-4(2-11-8(9)12-3)5(13)6(14)7(10)15/h2,5-6,13-14H,1H3,(H2,10,15). The van der Waals surface area contributed by atoms with Crippen molar-refractivity contribution in [3.05, 3.63) is 22.7 Å². The molecule has 6 nitrogen and oxygen atoms in total. The molecular formula is C8H10ClN3O3. The molecule has 0 saturated carbocycles. The van der Waals surface area contributed by atoms with Gasteiger partial charge in [-0.25, -0.2) is 9.97 Å². The van der Waals surface area contributed by atoms with Crippen molar-refractivity contribution in [2.24, 2.45) is 5.73 Å². The number of aliphatic hydroxyl groups is 2. The number of carbonyl (C=O) groups excluding carboxylic acids is 1. The number of aromatic nitrogens is 2. The number of aryl methyl sites for hydroxylation is 1. The Morgan fingerprint density at radius 3 is 2.67 bits per heavy atom. The molecule has 0 bridgehead atoms. The van der Waals surface area contributed by atoms with E-state index in [0.717, 1.165) is 0 Å². The van der Waals surface area contributed by atoms with Gasteiger partial charge in [0.25, 0.3) is 0 Å². The molecule has 0 aliphatic rings. The van der Waals surface area contributed by atoms with Gasteiger partial charge in [0.05, 0.1) is 0 Å². The van der Waals surface area contributed by atoms with Crippen LogP contribution in [0.1, 0.15) is 17.4 Å². The van der Waals surface area contributed by atoms with E-state index in [9.17, 15) is 15.0 Å². The van der Waals surface area contributed by atoms with Crippen LogP contribution >= 0.6 is 11.6 Å². The van der Waals surface area contributed by atoms with Crippen molar-refractivity contribution in [3.63, 3.8) is 0 Å². The summed E-state index contributed by atoms with van der Waals surface area (Å²) in [6, 6.07) is 0. The van der Waals surface area contributed by atoms with E-state index in [4.69, 9.17) is 17.3 Å². The largest absolute Gasteiger partial charge is 0.385 e. The van der Waals surface area contributed by atoms with Crippen LogP contribution in [0.2, 0.25) is 5.28 Å².